The van der Waals surface area contributed by atoms with Crippen LogP contribution in [0.1, 0.15) is 12.1 Å². The average molecular weight is 376 g/mol. The summed E-state index contributed by atoms with van der Waals surface area (Å²) < 4.78 is 7.58. The van der Waals surface area contributed by atoms with E-state index in [0.29, 0.717) is 6.04 Å². The minimum absolute atomic E-state index is 0.318. The molecule has 1 aliphatic heterocycles. The standard InChI is InChI=1S/C19H26ClN5O/c1-21-19(22-12-16-5-4-9-24(16)2)23-15-8-10-25(13-15)17-11-14(20)6-7-18(17)26-3/h4-7,9,11,15H,8,10,12-13H2,1-3H3,(H2,21,22,23). The first-order valence-electron chi connectivity index (χ1n) is 8.76. The van der Waals surface area contributed by atoms with Crippen molar-refractivity contribution in [3.63, 3.8) is 0 Å². The van der Waals surface area contributed by atoms with Gasteiger partial charge in [0, 0.05) is 50.1 Å². The van der Waals surface area contributed by atoms with Crippen molar-refractivity contribution < 1.29 is 4.74 Å². The monoisotopic (exact) mass is 375 g/mol. The number of guanidine groups is 1. The van der Waals surface area contributed by atoms with Crippen molar-refractivity contribution in [2.45, 2.75) is 19.0 Å². The van der Waals surface area contributed by atoms with Crippen molar-refractivity contribution in [2.75, 3.05) is 32.1 Å². The van der Waals surface area contributed by atoms with Crippen molar-refractivity contribution in [3.05, 3.63) is 47.2 Å². The van der Waals surface area contributed by atoms with Crippen molar-refractivity contribution in [2.24, 2.45) is 12.0 Å². The second-order valence-electron chi connectivity index (χ2n) is 6.43. The molecule has 0 aliphatic carbocycles. The van der Waals surface area contributed by atoms with Crippen LogP contribution in [-0.2, 0) is 13.6 Å². The lowest BCUT2D eigenvalue weighted by atomic mass is 10.2. The maximum absolute atomic E-state index is 6.17. The summed E-state index contributed by atoms with van der Waals surface area (Å²) in [6.07, 6.45) is 3.07. The number of hydrogen-bond acceptors (Lipinski definition) is 3. The quantitative estimate of drug-likeness (QED) is 0.623. The third-order valence-corrected chi connectivity index (χ3v) is 4.96. The Morgan fingerprint density at radius 2 is 2.23 bits per heavy atom. The highest BCUT2D eigenvalue weighted by molar-refractivity contribution is 6.30. The number of halogens is 1. The number of rotatable bonds is 5. The molecule has 0 spiro atoms. The number of aromatic nitrogens is 1. The molecule has 0 bridgehead atoms. The first-order valence-corrected chi connectivity index (χ1v) is 9.14. The van der Waals surface area contributed by atoms with Gasteiger partial charge >= 0.3 is 0 Å². The van der Waals surface area contributed by atoms with Crippen LogP contribution in [0.3, 0.4) is 0 Å². The van der Waals surface area contributed by atoms with Crippen LogP contribution in [0.25, 0.3) is 0 Å². The van der Waals surface area contributed by atoms with Crippen molar-refractivity contribution in [1.29, 1.82) is 0 Å². The van der Waals surface area contributed by atoms with E-state index in [0.717, 1.165) is 48.5 Å². The van der Waals surface area contributed by atoms with Gasteiger partial charge in [-0.1, -0.05) is 11.6 Å². The molecule has 140 valence electrons. The first kappa shape index (κ1) is 18.5. The highest BCUT2D eigenvalue weighted by Gasteiger charge is 2.25. The summed E-state index contributed by atoms with van der Waals surface area (Å²) in [5.41, 5.74) is 2.25. The molecule has 7 heteroatoms. The van der Waals surface area contributed by atoms with E-state index in [1.165, 1.54) is 5.69 Å². The van der Waals surface area contributed by atoms with Crippen LogP contribution in [0.2, 0.25) is 5.02 Å². The summed E-state index contributed by atoms with van der Waals surface area (Å²) in [4.78, 5) is 6.65. The van der Waals surface area contributed by atoms with Crippen LogP contribution in [-0.4, -0.2) is 43.8 Å². The lowest BCUT2D eigenvalue weighted by molar-refractivity contribution is 0.415. The Kier molecular flexibility index (Phi) is 5.93. The SMILES string of the molecule is CN=C(NCc1cccn1C)NC1CCN(c2cc(Cl)ccc2OC)C1. The number of nitrogens with one attached hydrogen (secondary N) is 2. The van der Waals surface area contributed by atoms with Crippen LogP contribution < -0.4 is 20.3 Å². The van der Waals surface area contributed by atoms with E-state index in [9.17, 15) is 0 Å². The fourth-order valence-corrected chi connectivity index (χ4v) is 3.42. The molecule has 1 atom stereocenters. The van der Waals surface area contributed by atoms with E-state index in [4.69, 9.17) is 16.3 Å². The zero-order chi connectivity index (χ0) is 18.5. The molecule has 2 N–H and O–H groups in total. The minimum Gasteiger partial charge on any atom is -0.495 e. The first-order chi connectivity index (χ1) is 12.6. The molecular formula is C19H26ClN5O. The molecule has 3 rings (SSSR count). The molecule has 1 aromatic carbocycles. The number of benzene rings is 1. The highest BCUT2D eigenvalue weighted by Crippen LogP contribution is 2.33. The molecule has 0 radical (unpaired) electrons. The molecular weight excluding hydrogens is 350 g/mol. The van der Waals surface area contributed by atoms with E-state index in [2.05, 4.69) is 31.2 Å². The topological polar surface area (TPSA) is 53.8 Å². The van der Waals surface area contributed by atoms with Crippen LogP contribution in [0.15, 0.2) is 41.5 Å². The van der Waals surface area contributed by atoms with E-state index >= 15 is 0 Å². The highest BCUT2D eigenvalue weighted by atomic mass is 35.5. The zero-order valence-corrected chi connectivity index (χ0v) is 16.3. The van der Waals surface area contributed by atoms with Gasteiger partial charge in [0.25, 0.3) is 0 Å². The molecule has 0 saturated carbocycles. The van der Waals surface area contributed by atoms with E-state index < -0.39 is 0 Å². The predicted molar refractivity (Wildman–Crippen MR) is 107 cm³/mol. The van der Waals surface area contributed by atoms with Crippen molar-refractivity contribution in [1.82, 2.24) is 15.2 Å². The van der Waals surface area contributed by atoms with Gasteiger partial charge in [0.1, 0.15) is 5.75 Å². The lowest BCUT2D eigenvalue weighted by Crippen LogP contribution is -2.44. The fraction of sp³-hybridized carbons (Fsp3) is 0.421. The van der Waals surface area contributed by atoms with Gasteiger partial charge in [0.15, 0.2) is 5.96 Å². The summed E-state index contributed by atoms with van der Waals surface area (Å²) in [6.45, 7) is 2.56. The Hall–Kier alpha value is -2.34. The normalized spacial score (nSPS) is 17.5. The molecule has 6 nitrogen and oxygen atoms in total. The second-order valence-corrected chi connectivity index (χ2v) is 6.86. The molecule has 2 heterocycles. The molecule has 1 aliphatic rings. The molecule has 1 aromatic heterocycles. The summed E-state index contributed by atoms with van der Waals surface area (Å²) >= 11 is 6.17. The maximum atomic E-state index is 6.17. The van der Waals surface area contributed by atoms with Crippen LogP contribution in [0, 0.1) is 0 Å². The number of aliphatic imine (C=N–C) groups is 1. The molecule has 1 saturated heterocycles. The van der Waals surface area contributed by atoms with Crippen LogP contribution in [0.4, 0.5) is 5.69 Å². The average Bonchev–Trinajstić information content (AvgIpc) is 3.27. The molecule has 1 unspecified atom stereocenters. The maximum Gasteiger partial charge on any atom is 0.191 e. The number of hydrogen-bond donors (Lipinski definition) is 2. The summed E-state index contributed by atoms with van der Waals surface area (Å²) in [5.74, 6) is 1.66. The Labute approximate surface area is 159 Å². The number of aryl methyl sites for hydroxylation is 1. The molecule has 26 heavy (non-hydrogen) atoms. The van der Waals surface area contributed by atoms with Gasteiger partial charge in [-0.3, -0.25) is 4.99 Å². The van der Waals surface area contributed by atoms with Crippen LogP contribution in [0.5, 0.6) is 5.75 Å². The van der Waals surface area contributed by atoms with Gasteiger partial charge < -0.3 is 24.8 Å². The van der Waals surface area contributed by atoms with E-state index in [1.807, 2.05) is 37.5 Å². The summed E-state index contributed by atoms with van der Waals surface area (Å²) in [6, 6.07) is 10.2. The largest absolute Gasteiger partial charge is 0.495 e. The Morgan fingerprint density at radius 3 is 2.92 bits per heavy atom. The van der Waals surface area contributed by atoms with Crippen molar-refractivity contribution in [3.8, 4) is 5.75 Å². The van der Waals surface area contributed by atoms with Crippen molar-refractivity contribution >= 4 is 23.2 Å². The van der Waals surface area contributed by atoms with E-state index in [-0.39, 0.29) is 0 Å². The van der Waals surface area contributed by atoms with Gasteiger partial charge in [0.05, 0.1) is 19.3 Å². The number of ether oxygens (including phenoxy) is 1. The summed E-state index contributed by atoms with van der Waals surface area (Å²) in [5, 5.41) is 7.61. The Morgan fingerprint density at radius 1 is 1.38 bits per heavy atom. The lowest BCUT2D eigenvalue weighted by Gasteiger charge is -2.22. The van der Waals surface area contributed by atoms with Gasteiger partial charge in [0.2, 0.25) is 0 Å². The smallest absolute Gasteiger partial charge is 0.191 e. The third kappa shape index (κ3) is 4.25. The number of methoxy groups -OCH3 is 1. The minimum atomic E-state index is 0.318. The van der Waals surface area contributed by atoms with Gasteiger partial charge in [-0.2, -0.15) is 0 Å². The number of anilines is 1. The molecule has 1 fully saturated rings. The van der Waals surface area contributed by atoms with E-state index in [1.54, 1.807) is 14.2 Å². The second kappa shape index (κ2) is 8.36. The van der Waals surface area contributed by atoms with Gasteiger partial charge in [-0.05, 0) is 36.8 Å². The Bertz CT molecular complexity index is 773. The van der Waals surface area contributed by atoms with Crippen LogP contribution >= 0.6 is 11.6 Å². The van der Waals surface area contributed by atoms with Gasteiger partial charge in [-0.25, -0.2) is 0 Å². The summed E-state index contributed by atoms with van der Waals surface area (Å²) in [7, 11) is 5.53. The zero-order valence-electron chi connectivity index (χ0n) is 15.5. The molecule has 0 amide bonds. The molecule has 2 aromatic rings. The Balaban J connectivity index is 1.58. The predicted octanol–water partition coefficient (Wildman–Crippen LogP) is 2.63. The van der Waals surface area contributed by atoms with Gasteiger partial charge in [-0.15, -0.1) is 0 Å². The third-order valence-electron chi connectivity index (χ3n) is 4.72. The fourth-order valence-electron chi connectivity index (χ4n) is 3.25. The number of nitrogens with zero attached hydrogens (tertiary/aromatic N) is 3.